The molecular formula is C19H16FNO4. The molecule has 0 unspecified atom stereocenters. The predicted molar refractivity (Wildman–Crippen MR) is 83.5 cm³/mol. The average molecular weight is 341 g/mol. The monoisotopic (exact) mass is 341 g/mol. The molecule has 2 amide bonds. The van der Waals surface area contributed by atoms with Gasteiger partial charge >= 0.3 is 5.97 Å². The fourth-order valence-corrected chi connectivity index (χ4v) is 4.97. The number of ether oxygens (including phenoxy) is 1. The molecule has 0 spiro atoms. The standard InChI is InChI=1S/C19H16FNO4/c20-9-1-3-10(4-2-9)25-15(22)8-21-18(23)16-11-5-6-12(14-7-13(11)14)17(16)19(21)24/h1-6,11-14,16-17H,7-8H2/t11-,12-,13-,14-,16-,17+/m0/s1. The fourth-order valence-electron chi connectivity index (χ4n) is 4.97. The van der Waals surface area contributed by atoms with Crippen LogP contribution in [0.4, 0.5) is 4.39 Å². The van der Waals surface area contributed by atoms with E-state index in [1.807, 2.05) is 0 Å². The summed E-state index contributed by atoms with van der Waals surface area (Å²) >= 11 is 0. The molecule has 3 fully saturated rings. The number of allylic oxidation sites excluding steroid dienone is 2. The van der Waals surface area contributed by atoms with E-state index in [9.17, 15) is 18.8 Å². The van der Waals surface area contributed by atoms with Crippen LogP contribution in [0.2, 0.25) is 0 Å². The van der Waals surface area contributed by atoms with Crippen LogP contribution < -0.4 is 4.74 Å². The molecule has 1 aliphatic heterocycles. The second-order valence-electron chi connectivity index (χ2n) is 7.35. The van der Waals surface area contributed by atoms with Crippen LogP contribution in [0.3, 0.4) is 0 Å². The van der Waals surface area contributed by atoms with Crippen molar-refractivity contribution in [3.8, 4) is 5.75 Å². The number of rotatable bonds is 3. The lowest BCUT2D eigenvalue weighted by Gasteiger charge is -2.37. The van der Waals surface area contributed by atoms with Crippen molar-refractivity contribution in [2.75, 3.05) is 6.54 Å². The first-order valence-corrected chi connectivity index (χ1v) is 8.54. The van der Waals surface area contributed by atoms with Crippen molar-refractivity contribution in [1.82, 2.24) is 4.90 Å². The molecule has 5 nitrogen and oxygen atoms in total. The average Bonchev–Trinajstić information content (AvgIpc) is 3.38. The van der Waals surface area contributed by atoms with Crippen molar-refractivity contribution in [3.63, 3.8) is 0 Å². The Morgan fingerprint density at radius 2 is 1.60 bits per heavy atom. The summed E-state index contributed by atoms with van der Waals surface area (Å²) in [4.78, 5) is 38.7. The molecule has 0 radical (unpaired) electrons. The van der Waals surface area contributed by atoms with Crippen LogP contribution in [0.5, 0.6) is 5.75 Å². The van der Waals surface area contributed by atoms with Gasteiger partial charge in [0.25, 0.3) is 0 Å². The number of nitrogens with zero attached hydrogens (tertiary/aromatic N) is 1. The highest BCUT2D eigenvalue weighted by Crippen LogP contribution is 2.65. The largest absolute Gasteiger partial charge is 0.425 e. The number of likely N-dealkylation sites (tertiary alicyclic amines) is 1. The third kappa shape index (κ3) is 2.09. The molecule has 6 heteroatoms. The second kappa shape index (κ2) is 5.00. The van der Waals surface area contributed by atoms with E-state index in [0.717, 1.165) is 11.3 Å². The lowest BCUT2D eigenvalue weighted by atomic mass is 9.63. The normalized spacial score (nSPS) is 37.1. The Kier molecular flexibility index (Phi) is 2.96. The molecule has 1 aromatic rings. The van der Waals surface area contributed by atoms with Gasteiger partial charge in [-0.3, -0.25) is 14.5 Å². The van der Waals surface area contributed by atoms with Gasteiger partial charge in [-0.15, -0.1) is 0 Å². The third-order valence-corrected chi connectivity index (χ3v) is 6.09. The number of esters is 1. The number of hydrogen-bond donors (Lipinski definition) is 0. The van der Waals surface area contributed by atoms with Crippen LogP contribution in [0.15, 0.2) is 36.4 Å². The zero-order valence-corrected chi connectivity index (χ0v) is 13.3. The number of carbonyl (C=O) groups is 3. The molecule has 5 aliphatic rings. The zero-order valence-electron chi connectivity index (χ0n) is 13.3. The molecule has 6 rings (SSSR count). The summed E-state index contributed by atoms with van der Waals surface area (Å²) in [6, 6.07) is 5.02. The van der Waals surface area contributed by atoms with E-state index in [-0.39, 0.29) is 41.2 Å². The summed E-state index contributed by atoms with van der Waals surface area (Å²) in [5.41, 5.74) is 0. The smallest absolute Gasteiger partial charge is 0.331 e. The van der Waals surface area contributed by atoms with E-state index in [2.05, 4.69) is 12.2 Å². The zero-order chi connectivity index (χ0) is 17.3. The molecule has 1 aromatic carbocycles. The van der Waals surface area contributed by atoms with E-state index in [1.165, 1.54) is 24.3 Å². The van der Waals surface area contributed by atoms with Gasteiger partial charge in [0.05, 0.1) is 11.8 Å². The minimum absolute atomic E-state index is 0.134. The highest BCUT2D eigenvalue weighted by molar-refractivity contribution is 6.08. The van der Waals surface area contributed by atoms with E-state index in [1.54, 1.807) is 0 Å². The Bertz CT molecular complexity index is 781. The van der Waals surface area contributed by atoms with Crippen LogP contribution in [0, 0.1) is 41.3 Å². The number of amides is 2. The van der Waals surface area contributed by atoms with Crippen molar-refractivity contribution >= 4 is 17.8 Å². The van der Waals surface area contributed by atoms with E-state index < -0.39 is 18.3 Å². The first-order valence-electron chi connectivity index (χ1n) is 8.54. The van der Waals surface area contributed by atoms with Gasteiger partial charge in [0.15, 0.2) is 0 Å². The lowest BCUT2D eigenvalue weighted by Crippen LogP contribution is -2.40. The highest BCUT2D eigenvalue weighted by Gasteiger charge is 2.67. The highest BCUT2D eigenvalue weighted by atomic mass is 19.1. The molecule has 6 atom stereocenters. The molecule has 2 bridgehead atoms. The van der Waals surface area contributed by atoms with Gasteiger partial charge in [-0.05, 0) is 54.4 Å². The number of imide groups is 1. The van der Waals surface area contributed by atoms with Gasteiger partial charge in [-0.1, -0.05) is 12.2 Å². The molecule has 128 valence electrons. The topological polar surface area (TPSA) is 63.7 Å². The summed E-state index contributed by atoms with van der Waals surface area (Å²) in [5, 5.41) is 0. The molecule has 1 heterocycles. The van der Waals surface area contributed by atoms with Crippen LogP contribution in [-0.4, -0.2) is 29.2 Å². The number of carbonyl (C=O) groups excluding carboxylic acids is 3. The van der Waals surface area contributed by atoms with Gasteiger partial charge < -0.3 is 4.74 Å². The lowest BCUT2D eigenvalue weighted by molar-refractivity contribution is -0.148. The minimum Gasteiger partial charge on any atom is -0.425 e. The maximum Gasteiger partial charge on any atom is 0.331 e. The Labute approximate surface area is 143 Å². The van der Waals surface area contributed by atoms with E-state index >= 15 is 0 Å². The quantitative estimate of drug-likeness (QED) is 0.364. The summed E-state index contributed by atoms with van der Waals surface area (Å²) in [6.07, 6.45) is 5.28. The van der Waals surface area contributed by atoms with Crippen molar-refractivity contribution in [2.45, 2.75) is 6.42 Å². The summed E-state index contributed by atoms with van der Waals surface area (Å²) < 4.78 is 18.0. The maximum absolute atomic E-state index is 12.9. The van der Waals surface area contributed by atoms with Gasteiger partial charge in [0.2, 0.25) is 11.8 Å². The van der Waals surface area contributed by atoms with E-state index in [0.29, 0.717) is 11.8 Å². The van der Waals surface area contributed by atoms with Crippen LogP contribution in [0.25, 0.3) is 0 Å². The fraction of sp³-hybridized carbons (Fsp3) is 0.421. The van der Waals surface area contributed by atoms with Crippen LogP contribution in [-0.2, 0) is 14.4 Å². The van der Waals surface area contributed by atoms with Crippen molar-refractivity contribution in [1.29, 1.82) is 0 Å². The Morgan fingerprint density at radius 3 is 2.16 bits per heavy atom. The Balaban J connectivity index is 1.32. The van der Waals surface area contributed by atoms with Crippen molar-refractivity contribution in [3.05, 3.63) is 42.2 Å². The summed E-state index contributed by atoms with van der Waals surface area (Å²) in [6.45, 7) is -0.392. The molecule has 4 aliphatic carbocycles. The molecular weight excluding hydrogens is 325 g/mol. The summed E-state index contributed by atoms with van der Waals surface area (Å²) in [7, 11) is 0. The van der Waals surface area contributed by atoms with Gasteiger partial charge in [0, 0.05) is 0 Å². The first-order chi connectivity index (χ1) is 12.0. The molecule has 1 saturated heterocycles. The van der Waals surface area contributed by atoms with Gasteiger partial charge in [0.1, 0.15) is 18.1 Å². The predicted octanol–water partition coefficient (Wildman–Crippen LogP) is 1.78. The minimum atomic E-state index is -0.697. The van der Waals surface area contributed by atoms with Crippen LogP contribution in [0.1, 0.15) is 6.42 Å². The first kappa shape index (κ1) is 14.8. The third-order valence-electron chi connectivity index (χ3n) is 6.09. The number of benzene rings is 1. The van der Waals surface area contributed by atoms with E-state index in [4.69, 9.17) is 4.74 Å². The number of halogens is 1. The second-order valence-corrected chi connectivity index (χ2v) is 7.35. The van der Waals surface area contributed by atoms with Gasteiger partial charge in [-0.25, -0.2) is 9.18 Å². The number of hydrogen-bond acceptors (Lipinski definition) is 4. The Morgan fingerprint density at radius 1 is 1.04 bits per heavy atom. The summed E-state index contributed by atoms with van der Waals surface area (Å²) in [5.74, 6) is -0.762. The van der Waals surface area contributed by atoms with Crippen LogP contribution >= 0.6 is 0 Å². The molecule has 25 heavy (non-hydrogen) atoms. The maximum atomic E-state index is 12.9. The molecule has 0 aromatic heterocycles. The molecule has 2 saturated carbocycles. The SMILES string of the molecule is O=C(CN1C(=O)[C@@H]2[C@H]3C=C[C@@H]([C@@H]4C[C@@H]34)[C@@H]2C1=O)Oc1ccc(F)cc1. The van der Waals surface area contributed by atoms with Crippen molar-refractivity contribution in [2.24, 2.45) is 35.5 Å². The molecule has 0 N–H and O–H groups in total. The van der Waals surface area contributed by atoms with Crippen molar-refractivity contribution < 1.29 is 23.5 Å². The Hall–Kier alpha value is -2.50. The van der Waals surface area contributed by atoms with Gasteiger partial charge in [-0.2, -0.15) is 0 Å².